The Kier molecular flexibility index (Phi) is 8.56. The molecule has 0 aliphatic carbocycles. The second-order valence-corrected chi connectivity index (χ2v) is 6.90. The van der Waals surface area contributed by atoms with E-state index >= 15 is 0 Å². The van der Waals surface area contributed by atoms with E-state index < -0.39 is 5.97 Å². The second kappa shape index (κ2) is 11.2. The van der Waals surface area contributed by atoms with Crippen LogP contribution in [-0.2, 0) is 17.6 Å². The molecule has 0 saturated heterocycles. The monoisotopic (exact) mass is 367 g/mol. The average Bonchev–Trinajstić information content (AvgIpc) is 2.66. The smallest absolute Gasteiger partial charge is 0.307 e. The van der Waals surface area contributed by atoms with Gasteiger partial charge in [0, 0.05) is 11.3 Å². The summed E-state index contributed by atoms with van der Waals surface area (Å²) in [6.45, 7) is 2.22. The van der Waals surface area contributed by atoms with Gasteiger partial charge in [0.15, 0.2) is 0 Å². The Morgan fingerprint density at radius 1 is 0.889 bits per heavy atom. The van der Waals surface area contributed by atoms with Gasteiger partial charge in [-0.1, -0.05) is 69.4 Å². The summed E-state index contributed by atoms with van der Waals surface area (Å²) in [7, 11) is 0. The predicted molar refractivity (Wildman–Crippen MR) is 109 cm³/mol. The van der Waals surface area contributed by atoms with Crippen LogP contribution in [0.3, 0.4) is 0 Å². The van der Waals surface area contributed by atoms with E-state index in [0.717, 1.165) is 6.42 Å². The van der Waals surface area contributed by atoms with E-state index in [2.05, 4.69) is 12.2 Å². The predicted octanol–water partition coefficient (Wildman–Crippen LogP) is 5.47. The van der Waals surface area contributed by atoms with Gasteiger partial charge in [0.05, 0.1) is 6.42 Å². The lowest BCUT2D eigenvalue weighted by atomic mass is 10.0. The minimum absolute atomic E-state index is 0.117. The highest BCUT2D eigenvalue weighted by Gasteiger charge is 2.11. The number of carbonyl (C=O) groups is 2. The Hall–Kier alpha value is -2.62. The number of aryl methyl sites for hydroxylation is 1. The van der Waals surface area contributed by atoms with E-state index in [9.17, 15) is 9.59 Å². The molecular formula is C23H29NO3. The van der Waals surface area contributed by atoms with Gasteiger partial charge < -0.3 is 10.4 Å². The SMILES string of the molecule is CCCCCCCCc1ccc(C(=O)Nc2ccccc2CC(=O)O)cc1. The van der Waals surface area contributed by atoms with Crippen LogP contribution in [0.15, 0.2) is 48.5 Å². The van der Waals surface area contributed by atoms with Crippen LogP contribution in [-0.4, -0.2) is 17.0 Å². The maximum atomic E-state index is 12.5. The standard InChI is InChI=1S/C23H29NO3/c1-2-3-4-5-6-7-10-18-13-15-19(16-14-18)23(27)24-21-12-9-8-11-20(21)17-22(25)26/h8-9,11-16H,2-7,10,17H2,1H3,(H,24,27)(H,25,26). The Labute approximate surface area is 161 Å². The van der Waals surface area contributed by atoms with Crippen molar-refractivity contribution in [3.05, 3.63) is 65.2 Å². The number of amides is 1. The van der Waals surface area contributed by atoms with Gasteiger partial charge in [0.2, 0.25) is 0 Å². The fourth-order valence-electron chi connectivity index (χ4n) is 3.09. The van der Waals surface area contributed by atoms with Crippen LogP contribution in [0, 0.1) is 0 Å². The van der Waals surface area contributed by atoms with E-state index in [0.29, 0.717) is 16.8 Å². The van der Waals surface area contributed by atoms with Gasteiger partial charge >= 0.3 is 5.97 Å². The number of carbonyl (C=O) groups excluding carboxylic acids is 1. The Bertz CT molecular complexity index is 738. The van der Waals surface area contributed by atoms with Crippen molar-refractivity contribution in [1.82, 2.24) is 0 Å². The van der Waals surface area contributed by atoms with Crippen LogP contribution in [0.2, 0.25) is 0 Å². The number of hydrogen-bond acceptors (Lipinski definition) is 2. The zero-order chi connectivity index (χ0) is 19.5. The molecule has 0 saturated carbocycles. The van der Waals surface area contributed by atoms with Crippen molar-refractivity contribution in [2.45, 2.75) is 58.3 Å². The molecule has 0 radical (unpaired) electrons. The van der Waals surface area contributed by atoms with E-state index in [4.69, 9.17) is 5.11 Å². The van der Waals surface area contributed by atoms with Crippen LogP contribution >= 0.6 is 0 Å². The molecular weight excluding hydrogens is 338 g/mol. The van der Waals surface area contributed by atoms with E-state index in [1.807, 2.05) is 24.3 Å². The fraction of sp³-hybridized carbons (Fsp3) is 0.391. The van der Waals surface area contributed by atoms with Crippen molar-refractivity contribution in [3.8, 4) is 0 Å². The quantitative estimate of drug-likeness (QED) is 0.518. The lowest BCUT2D eigenvalue weighted by Gasteiger charge is -2.10. The van der Waals surface area contributed by atoms with E-state index in [-0.39, 0.29) is 12.3 Å². The van der Waals surface area contributed by atoms with Crippen molar-refractivity contribution >= 4 is 17.6 Å². The third-order valence-corrected chi connectivity index (χ3v) is 4.64. The largest absolute Gasteiger partial charge is 0.481 e. The van der Waals surface area contributed by atoms with Crippen LogP contribution < -0.4 is 5.32 Å². The van der Waals surface area contributed by atoms with Crippen molar-refractivity contribution in [2.24, 2.45) is 0 Å². The van der Waals surface area contributed by atoms with Crippen molar-refractivity contribution in [1.29, 1.82) is 0 Å². The van der Waals surface area contributed by atoms with Gasteiger partial charge in [-0.2, -0.15) is 0 Å². The number of aliphatic carboxylic acids is 1. The van der Waals surface area contributed by atoms with Gasteiger partial charge in [0.1, 0.15) is 0 Å². The van der Waals surface area contributed by atoms with Gasteiger partial charge in [0.25, 0.3) is 5.91 Å². The molecule has 27 heavy (non-hydrogen) atoms. The van der Waals surface area contributed by atoms with Crippen molar-refractivity contribution < 1.29 is 14.7 Å². The molecule has 0 aliphatic heterocycles. The molecule has 0 atom stereocenters. The van der Waals surface area contributed by atoms with Crippen LogP contribution in [0.1, 0.15) is 66.9 Å². The molecule has 1 amide bonds. The maximum Gasteiger partial charge on any atom is 0.307 e. The first-order valence-corrected chi connectivity index (χ1v) is 9.80. The Morgan fingerprint density at radius 3 is 2.26 bits per heavy atom. The van der Waals surface area contributed by atoms with Crippen LogP contribution in [0.5, 0.6) is 0 Å². The molecule has 0 fully saturated rings. The van der Waals surface area contributed by atoms with E-state index in [1.54, 1.807) is 24.3 Å². The third-order valence-electron chi connectivity index (χ3n) is 4.64. The first-order valence-electron chi connectivity index (χ1n) is 9.80. The summed E-state index contributed by atoms with van der Waals surface area (Å²) in [6, 6.07) is 14.7. The minimum atomic E-state index is -0.921. The highest BCUT2D eigenvalue weighted by molar-refractivity contribution is 6.04. The third kappa shape index (κ3) is 7.26. The number of rotatable bonds is 11. The van der Waals surface area contributed by atoms with Gasteiger partial charge in [-0.3, -0.25) is 9.59 Å². The highest BCUT2D eigenvalue weighted by atomic mass is 16.4. The molecule has 2 aromatic rings. The zero-order valence-corrected chi connectivity index (χ0v) is 16.0. The molecule has 0 bridgehead atoms. The number of nitrogens with one attached hydrogen (secondary N) is 1. The molecule has 0 spiro atoms. The summed E-state index contributed by atoms with van der Waals surface area (Å²) in [5.74, 6) is -1.14. The summed E-state index contributed by atoms with van der Waals surface area (Å²) < 4.78 is 0. The summed E-state index contributed by atoms with van der Waals surface area (Å²) in [5.41, 5.74) is 2.96. The summed E-state index contributed by atoms with van der Waals surface area (Å²) in [6.07, 6.45) is 8.55. The molecule has 2 N–H and O–H groups in total. The first-order chi connectivity index (χ1) is 13.1. The Morgan fingerprint density at radius 2 is 1.56 bits per heavy atom. The van der Waals surface area contributed by atoms with Gasteiger partial charge in [-0.25, -0.2) is 0 Å². The second-order valence-electron chi connectivity index (χ2n) is 6.90. The Balaban J connectivity index is 1.88. The number of hydrogen-bond donors (Lipinski definition) is 2. The molecule has 0 heterocycles. The number of anilines is 1. The number of unbranched alkanes of at least 4 members (excludes halogenated alkanes) is 5. The molecule has 0 aliphatic rings. The first kappa shape index (κ1) is 20.7. The number of carboxylic acid groups (broad SMARTS) is 1. The number of carboxylic acids is 1. The normalized spacial score (nSPS) is 10.6. The molecule has 2 rings (SSSR count). The average molecular weight is 367 g/mol. The maximum absolute atomic E-state index is 12.5. The lowest BCUT2D eigenvalue weighted by molar-refractivity contribution is -0.136. The fourth-order valence-corrected chi connectivity index (χ4v) is 3.09. The van der Waals surface area contributed by atoms with Gasteiger partial charge in [-0.05, 0) is 42.2 Å². The summed E-state index contributed by atoms with van der Waals surface area (Å²) >= 11 is 0. The van der Waals surface area contributed by atoms with Crippen molar-refractivity contribution in [3.63, 3.8) is 0 Å². The van der Waals surface area contributed by atoms with Gasteiger partial charge in [-0.15, -0.1) is 0 Å². The molecule has 0 aromatic heterocycles. The van der Waals surface area contributed by atoms with E-state index in [1.165, 1.54) is 44.1 Å². The lowest BCUT2D eigenvalue weighted by Crippen LogP contribution is -2.14. The van der Waals surface area contributed by atoms with Crippen molar-refractivity contribution in [2.75, 3.05) is 5.32 Å². The molecule has 2 aromatic carbocycles. The van der Waals surface area contributed by atoms with Crippen LogP contribution in [0.4, 0.5) is 5.69 Å². The summed E-state index contributed by atoms with van der Waals surface area (Å²) in [5, 5.41) is 11.8. The molecule has 0 unspecified atom stereocenters. The summed E-state index contributed by atoms with van der Waals surface area (Å²) in [4.78, 5) is 23.4. The molecule has 4 nitrogen and oxygen atoms in total. The van der Waals surface area contributed by atoms with Crippen LogP contribution in [0.25, 0.3) is 0 Å². The molecule has 4 heteroatoms. The number of benzene rings is 2. The topological polar surface area (TPSA) is 66.4 Å². The molecule has 144 valence electrons. The minimum Gasteiger partial charge on any atom is -0.481 e. The highest BCUT2D eigenvalue weighted by Crippen LogP contribution is 2.18. The number of para-hydroxylation sites is 1. The zero-order valence-electron chi connectivity index (χ0n) is 16.0.